The molecule has 1 saturated carbocycles. The van der Waals surface area contributed by atoms with Crippen molar-refractivity contribution in [1.82, 2.24) is 20.9 Å². The van der Waals surface area contributed by atoms with Crippen LogP contribution < -0.4 is 16.0 Å². The van der Waals surface area contributed by atoms with Gasteiger partial charge in [0, 0.05) is 37.0 Å². The third-order valence-corrected chi connectivity index (χ3v) is 12.4. The van der Waals surface area contributed by atoms with Crippen LogP contribution in [0.15, 0.2) is 54.6 Å². The van der Waals surface area contributed by atoms with Gasteiger partial charge in [-0.2, -0.15) is 0 Å². The monoisotopic (exact) mass is 684 g/mol. The molecule has 1 heterocycles. The summed E-state index contributed by atoms with van der Waals surface area (Å²) in [5.74, 6) is 0.326. The highest BCUT2D eigenvalue weighted by atomic mass is 32.2. The number of hydrogen-bond acceptors (Lipinski definition) is 8. The van der Waals surface area contributed by atoms with Gasteiger partial charge in [-0.3, -0.25) is 14.5 Å². The van der Waals surface area contributed by atoms with Crippen molar-refractivity contribution in [2.75, 3.05) is 19.3 Å². The number of amides is 2. The number of nitrogens with one attached hydrogen (secondary N) is 3. The predicted octanol–water partition coefficient (Wildman–Crippen LogP) is 3.56. The fourth-order valence-electron chi connectivity index (χ4n) is 7.15. The molecule has 0 aromatic heterocycles. The van der Waals surface area contributed by atoms with Crippen LogP contribution in [-0.4, -0.2) is 89.2 Å². The van der Waals surface area contributed by atoms with E-state index in [0.717, 1.165) is 37.5 Å². The van der Waals surface area contributed by atoms with Crippen LogP contribution in [0.3, 0.4) is 0 Å². The number of nitrogens with zero attached hydrogens (tertiary/aromatic N) is 1. The highest BCUT2D eigenvalue weighted by Crippen LogP contribution is 2.39. The van der Waals surface area contributed by atoms with Gasteiger partial charge in [-0.15, -0.1) is 0 Å². The average Bonchev–Trinajstić information content (AvgIpc) is 3.00. The van der Waals surface area contributed by atoms with E-state index >= 15 is 0 Å². The first-order valence-electron chi connectivity index (χ1n) is 17.2. The summed E-state index contributed by atoms with van der Waals surface area (Å²) in [5.41, 5.74) is 1.02. The molecule has 1 unspecified atom stereocenters. The number of aliphatic hydroxyl groups is 1. The van der Waals surface area contributed by atoms with Crippen molar-refractivity contribution < 1.29 is 28.2 Å². The molecule has 266 valence electrons. The number of phenols is 1. The molecule has 2 aliphatic rings. The van der Waals surface area contributed by atoms with Crippen LogP contribution in [0.5, 0.6) is 5.75 Å². The van der Waals surface area contributed by atoms with Crippen molar-refractivity contribution >= 4 is 21.7 Å². The van der Waals surface area contributed by atoms with E-state index in [-0.39, 0.29) is 24.7 Å². The molecular weight excluding hydrogens is 628 g/mol. The standard InChI is InChI=1S/C37H56N4O6S/c1-36(2,3)40-34(44)30-21-26-16-10-11-18-28(26)23-41(30)24-32(43)29(20-25-14-8-7-9-15-25)39-35(45)33(37(4,5)48(6,46)47)38-22-27-17-12-13-19-31(27)42/h7-9,12-15,17,19,26,28-30,32-33,38,42-43H,10-11,16,18,20-24H2,1-6H3,(H,39,45)(H,40,44)/t26-,28?,29-,30-,32+,33+/m0/s1. The molecule has 2 fully saturated rings. The zero-order valence-electron chi connectivity index (χ0n) is 29.4. The summed E-state index contributed by atoms with van der Waals surface area (Å²) < 4.78 is 24.5. The topological polar surface area (TPSA) is 148 Å². The number of rotatable bonds is 13. The van der Waals surface area contributed by atoms with Crippen molar-refractivity contribution in [1.29, 1.82) is 0 Å². The Bertz CT molecular complexity index is 1490. The molecule has 2 amide bonds. The second-order valence-electron chi connectivity index (χ2n) is 15.4. The second-order valence-corrected chi connectivity index (χ2v) is 18.0. The number of para-hydroxylation sites is 1. The lowest BCUT2D eigenvalue weighted by molar-refractivity contribution is -0.133. The van der Waals surface area contributed by atoms with Gasteiger partial charge in [0.1, 0.15) is 11.8 Å². The van der Waals surface area contributed by atoms with Gasteiger partial charge in [-0.1, -0.05) is 67.8 Å². The smallest absolute Gasteiger partial charge is 0.239 e. The maximum atomic E-state index is 14.2. The Morgan fingerprint density at radius 1 is 0.958 bits per heavy atom. The van der Waals surface area contributed by atoms with E-state index in [0.29, 0.717) is 30.4 Å². The minimum atomic E-state index is -3.74. The van der Waals surface area contributed by atoms with Crippen LogP contribution in [-0.2, 0) is 32.4 Å². The molecule has 11 heteroatoms. The summed E-state index contributed by atoms with van der Waals surface area (Å²) in [6, 6.07) is 13.8. The van der Waals surface area contributed by atoms with Crippen LogP contribution in [0.4, 0.5) is 0 Å². The number of β-amino-alcohol motifs (C(OH)–C–C–N with tert-alkyl or cyclic N) is 1. The van der Waals surface area contributed by atoms with Crippen LogP contribution in [0.2, 0.25) is 0 Å². The van der Waals surface area contributed by atoms with Gasteiger partial charge in [-0.25, -0.2) is 8.42 Å². The van der Waals surface area contributed by atoms with Gasteiger partial charge >= 0.3 is 0 Å². The number of aromatic hydroxyl groups is 1. The summed E-state index contributed by atoms with van der Waals surface area (Å²) in [6.45, 7) is 9.81. The van der Waals surface area contributed by atoms with Crippen molar-refractivity contribution in [3.8, 4) is 5.75 Å². The number of benzene rings is 2. The van der Waals surface area contributed by atoms with E-state index in [1.807, 2.05) is 51.1 Å². The van der Waals surface area contributed by atoms with Gasteiger partial charge in [-0.05, 0) is 77.3 Å². The first-order chi connectivity index (χ1) is 22.5. The highest BCUT2D eigenvalue weighted by Gasteiger charge is 2.45. The molecule has 1 aliphatic carbocycles. The minimum Gasteiger partial charge on any atom is -0.508 e. The Balaban J connectivity index is 1.61. The Hall–Kier alpha value is -2.99. The Kier molecular flexibility index (Phi) is 12.4. The third kappa shape index (κ3) is 9.80. The largest absolute Gasteiger partial charge is 0.508 e. The molecule has 5 N–H and O–H groups in total. The Morgan fingerprint density at radius 2 is 1.58 bits per heavy atom. The highest BCUT2D eigenvalue weighted by molar-refractivity contribution is 7.92. The first-order valence-corrected chi connectivity index (χ1v) is 19.1. The molecule has 1 saturated heterocycles. The predicted molar refractivity (Wildman–Crippen MR) is 189 cm³/mol. The lowest BCUT2D eigenvalue weighted by Gasteiger charge is -2.47. The second kappa shape index (κ2) is 15.7. The maximum Gasteiger partial charge on any atom is 0.239 e. The summed E-state index contributed by atoms with van der Waals surface area (Å²) in [6.07, 6.45) is 5.62. The molecule has 6 atom stereocenters. The van der Waals surface area contributed by atoms with Gasteiger partial charge in [0.15, 0.2) is 9.84 Å². The van der Waals surface area contributed by atoms with Gasteiger partial charge < -0.3 is 26.2 Å². The summed E-state index contributed by atoms with van der Waals surface area (Å²) >= 11 is 0. The molecule has 0 spiro atoms. The number of fused-ring (bicyclic) bond motifs is 1. The molecule has 0 radical (unpaired) electrons. The summed E-state index contributed by atoms with van der Waals surface area (Å²) in [7, 11) is -3.74. The number of piperidine rings is 1. The fourth-order valence-corrected chi connectivity index (χ4v) is 7.77. The molecule has 48 heavy (non-hydrogen) atoms. The van der Waals surface area contributed by atoms with Crippen LogP contribution in [0.25, 0.3) is 0 Å². The van der Waals surface area contributed by atoms with Gasteiger partial charge in [0.05, 0.1) is 22.9 Å². The van der Waals surface area contributed by atoms with E-state index in [4.69, 9.17) is 0 Å². The normalized spacial score (nSPS) is 22.6. The van der Waals surface area contributed by atoms with Crippen LogP contribution in [0, 0.1) is 11.8 Å². The Morgan fingerprint density at radius 3 is 2.21 bits per heavy atom. The minimum absolute atomic E-state index is 0.0329. The van der Waals surface area contributed by atoms with Gasteiger partial charge in [0.2, 0.25) is 11.8 Å². The first kappa shape index (κ1) is 37.8. The maximum absolute atomic E-state index is 14.2. The molecule has 0 bridgehead atoms. The van der Waals surface area contributed by atoms with Crippen LogP contribution in [0.1, 0.15) is 77.8 Å². The summed E-state index contributed by atoms with van der Waals surface area (Å²) in [4.78, 5) is 29.9. The molecule has 2 aromatic carbocycles. The SMILES string of the molecule is CC(C)(C)NC(=O)[C@@H]1C[C@@H]2CCCCC2CN1C[C@@H](O)[C@H](Cc1ccccc1)NC(=O)[C@@H](NCc1ccccc1O)C(C)(C)S(C)(=O)=O. The summed E-state index contributed by atoms with van der Waals surface area (Å²) in [5, 5.41) is 31.5. The van der Waals surface area contributed by atoms with Crippen molar-refractivity contribution in [3.63, 3.8) is 0 Å². The molecule has 2 aromatic rings. The van der Waals surface area contributed by atoms with Gasteiger partial charge in [0.25, 0.3) is 0 Å². The Labute approximate surface area is 287 Å². The van der Waals surface area contributed by atoms with Crippen molar-refractivity contribution in [2.24, 2.45) is 11.8 Å². The van der Waals surface area contributed by atoms with Crippen molar-refractivity contribution in [3.05, 3.63) is 65.7 Å². The number of hydrogen-bond donors (Lipinski definition) is 5. The van der Waals surface area contributed by atoms with E-state index in [1.54, 1.807) is 18.2 Å². The average molecular weight is 685 g/mol. The molecule has 1 aliphatic heterocycles. The van der Waals surface area contributed by atoms with Crippen LogP contribution >= 0.6 is 0 Å². The number of phenolic OH excluding ortho intramolecular Hbond substituents is 1. The number of likely N-dealkylation sites (tertiary alicyclic amines) is 1. The lowest BCUT2D eigenvalue weighted by Crippen LogP contribution is -2.63. The van der Waals surface area contributed by atoms with Crippen molar-refractivity contribution in [2.45, 2.75) is 114 Å². The quantitative estimate of drug-likeness (QED) is 0.215. The zero-order chi connectivity index (χ0) is 35.3. The third-order valence-electron chi connectivity index (χ3n) is 10.2. The lowest BCUT2D eigenvalue weighted by atomic mass is 9.72. The van der Waals surface area contributed by atoms with E-state index < -0.39 is 50.3 Å². The fraction of sp³-hybridized carbons (Fsp3) is 0.622. The van der Waals surface area contributed by atoms with E-state index in [9.17, 15) is 28.2 Å². The number of sulfone groups is 1. The van der Waals surface area contributed by atoms with E-state index in [1.165, 1.54) is 26.3 Å². The molecule has 4 rings (SSSR count). The number of carbonyl (C=O) groups is 2. The zero-order valence-corrected chi connectivity index (χ0v) is 30.2. The van der Waals surface area contributed by atoms with E-state index in [2.05, 4.69) is 20.9 Å². The number of carbonyl (C=O) groups excluding carboxylic acids is 2. The number of aliphatic hydroxyl groups excluding tert-OH is 1. The molecule has 10 nitrogen and oxygen atoms in total. The molecular formula is C37H56N4O6S.